The highest BCUT2D eigenvalue weighted by atomic mass is 35.5. The van der Waals surface area contributed by atoms with Crippen molar-refractivity contribution in [2.24, 2.45) is 0 Å². The fraction of sp³-hybridized carbons (Fsp3) is 0. The van der Waals surface area contributed by atoms with E-state index in [0.717, 1.165) is 12.1 Å². The molecule has 0 radical (unpaired) electrons. The summed E-state index contributed by atoms with van der Waals surface area (Å²) in [6.07, 6.45) is 0. The van der Waals surface area contributed by atoms with Crippen molar-refractivity contribution in [3.05, 3.63) is 42.5 Å². The van der Waals surface area contributed by atoms with E-state index >= 15 is 0 Å². The van der Waals surface area contributed by atoms with E-state index in [-0.39, 0.29) is 12.4 Å². The highest BCUT2D eigenvalue weighted by Crippen LogP contribution is 2.39. The molecule has 1 aromatic carbocycles. The lowest BCUT2D eigenvalue weighted by atomic mass is 10.2. The molecular formula is C6H5ClN4O6. The minimum absolute atomic E-state index is 0. The number of benzene rings is 1. The van der Waals surface area contributed by atoms with Gasteiger partial charge in [0.2, 0.25) is 0 Å². The van der Waals surface area contributed by atoms with Crippen LogP contribution in [0.15, 0.2) is 12.1 Å². The molecule has 0 aliphatic carbocycles. The lowest BCUT2D eigenvalue weighted by Crippen LogP contribution is -2.04. The van der Waals surface area contributed by atoms with E-state index in [0.29, 0.717) is 0 Å². The number of hydrogen-bond acceptors (Lipinski definition) is 7. The second-order valence-corrected chi connectivity index (χ2v) is 2.64. The quantitative estimate of drug-likeness (QED) is 0.491. The van der Waals surface area contributed by atoms with E-state index < -0.39 is 37.5 Å². The molecule has 17 heavy (non-hydrogen) atoms. The number of nitrogens with two attached hydrogens (primary N) is 1. The molecule has 0 bridgehead atoms. The van der Waals surface area contributed by atoms with Crippen molar-refractivity contribution in [3.8, 4) is 0 Å². The lowest BCUT2D eigenvalue weighted by molar-refractivity contribution is -0.440. The van der Waals surface area contributed by atoms with E-state index in [1.165, 1.54) is 0 Å². The van der Waals surface area contributed by atoms with Gasteiger partial charge in [-0.15, -0.1) is 12.4 Å². The Labute approximate surface area is 98.9 Å². The Morgan fingerprint density at radius 2 is 1.35 bits per heavy atom. The van der Waals surface area contributed by atoms with E-state index in [9.17, 15) is 30.3 Å². The number of nitrogens with zero attached hydrogens (tertiary/aromatic N) is 3. The van der Waals surface area contributed by atoms with Crippen LogP contribution in [-0.2, 0) is 0 Å². The standard InChI is InChI=1S/C6H4N4O6.ClH/c7-3-1-2-4(8(11)12)6(10(15)16)5(3)9(13)14;/h1-2H,7H2;1H. The Morgan fingerprint density at radius 1 is 0.882 bits per heavy atom. The van der Waals surface area contributed by atoms with Crippen LogP contribution in [0.2, 0.25) is 0 Å². The van der Waals surface area contributed by atoms with Gasteiger partial charge in [-0.05, 0) is 6.07 Å². The van der Waals surface area contributed by atoms with Gasteiger partial charge in [0.15, 0.2) is 0 Å². The van der Waals surface area contributed by atoms with Crippen molar-refractivity contribution in [2.75, 3.05) is 5.73 Å². The van der Waals surface area contributed by atoms with Crippen LogP contribution in [-0.4, -0.2) is 14.8 Å². The lowest BCUT2D eigenvalue weighted by Gasteiger charge is -1.98. The average molecular weight is 265 g/mol. The van der Waals surface area contributed by atoms with E-state index in [2.05, 4.69) is 0 Å². The van der Waals surface area contributed by atoms with Gasteiger partial charge < -0.3 is 5.73 Å². The third-order valence-electron chi connectivity index (χ3n) is 1.72. The molecule has 0 atom stereocenters. The number of rotatable bonds is 3. The van der Waals surface area contributed by atoms with Crippen LogP contribution >= 0.6 is 12.4 Å². The van der Waals surface area contributed by atoms with Gasteiger partial charge in [-0.25, -0.2) is 0 Å². The van der Waals surface area contributed by atoms with E-state index in [4.69, 9.17) is 5.73 Å². The number of nitro benzene ring substituents is 3. The molecule has 0 aliphatic heterocycles. The Morgan fingerprint density at radius 3 is 1.71 bits per heavy atom. The average Bonchev–Trinajstić information content (AvgIpc) is 2.15. The fourth-order valence-electron chi connectivity index (χ4n) is 1.10. The molecule has 0 saturated carbocycles. The zero-order valence-corrected chi connectivity index (χ0v) is 8.75. The maximum absolute atomic E-state index is 10.5. The van der Waals surface area contributed by atoms with Crippen LogP contribution in [0, 0.1) is 30.3 Å². The topological polar surface area (TPSA) is 155 Å². The smallest absolute Gasteiger partial charge is 0.393 e. The Bertz CT molecular complexity index is 504. The van der Waals surface area contributed by atoms with Crippen LogP contribution in [0.25, 0.3) is 0 Å². The van der Waals surface area contributed by atoms with Crippen molar-refractivity contribution in [3.63, 3.8) is 0 Å². The zero-order chi connectivity index (χ0) is 12.5. The minimum Gasteiger partial charge on any atom is -0.393 e. The molecule has 11 heteroatoms. The van der Waals surface area contributed by atoms with Crippen LogP contribution < -0.4 is 5.73 Å². The Kier molecular flexibility index (Phi) is 4.29. The van der Waals surface area contributed by atoms with E-state index in [1.807, 2.05) is 0 Å². The number of nitro groups is 3. The van der Waals surface area contributed by atoms with Crippen molar-refractivity contribution >= 4 is 35.2 Å². The van der Waals surface area contributed by atoms with Crippen LogP contribution in [0.4, 0.5) is 22.7 Å². The largest absolute Gasteiger partial charge is 0.424 e. The van der Waals surface area contributed by atoms with Gasteiger partial charge in [-0.1, -0.05) is 0 Å². The molecular weight excluding hydrogens is 260 g/mol. The van der Waals surface area contributed by atoms with Gasteiger partial charge in [0.25, 0.3) is 0 Å². The Hall–Kier alpha value is -2.49. The minimum atomic E-state index is -1.21. The van der Waals surface area contributed by atoms with Gasteiger partial charge in [-0.3, -0.25) is 30.3 Å². The maximum Gasteiger partial charge on any atom is 0.424 e. The predicted molar refractivity (Wildman–Crippen MR) is 58.1 cm³/mol. The predicted octanol–water partition coefficient (Wildman–Crippen LogP) is 1.42. The van der Waals surface area contributed by atoms with Crippen molar-refractivity contribution in [1.82, 2.24) is 0 Å². The van der Waals surface area contributed by atoms with Gasteiger partial charge in [0, 0.05) is 6.07 Å². The maximum atomic E-state index is 10.5. The summed E-state index contributed by atoms with van der Waals surface area (Å²) in [6, 6.07) is 1.63. The molecule has 2 N–H and O–H groups in total. The summed E-state index contributed by atoms with van der Waals surface area (Å²) in [5.74, 6) is 0. The first-order valence-electron chi connectivity index (χ1n) is 3.72. The molecule has 0 aromatic heterocycles. The first-order valence-corrected chi connectivity index (χ1v) is 3.72. The van der Waals surface area contributed by atoms with Crippen LogP contribution in [0.3, 0.4) is 0 Å². The summed E-state index contributed by atoms with van der Waals surface area (Å²) < 4.78 is 0. The van der Waals surface area contributed by atoms with Crippen molar-refractivity contribution < 1.29 is 14.8 Å². The highest BCUT2D eigenvalue weighted by molar-refractivity contribution is 5.85. The number of hydrogen-bond donors (Lipinski definition) is 1. The molecule has 0 fully saturated rings. The van der Waals surface area contributed by atoms with Crippen LogP contribution in [0.5, 0.6) is 0 Å². The molecule has 92 valence electrons. The molecule has 1 aromatic rings. The van der Waals surface area contributed by atoms with Gasteiger partial charge in [-0.2, -0.15) is 0 Å². The molecule has 0 spiro atoms. The highest BCUT2D eigenvalue weighted by Gasteiger charge is 2.37. The number of anilines is 1. The van der Waals surface area contributed by atoms with Gasteiger partial charge >= 0.3 is 17.1 Å². The second-order valence-electron chi connectivity index (χ2n) is 2.64. The number of halogens is 1. The summed E-state index contributed by atoms with van der Waals surface area (Å²) in [7, 11) is 0. The normalized spacial score (nSPS) is 9.18. The zero-order valence-electron chi connectivity index (χ0n) is 7.93. The Balaban J connectivity index is 0.00000256. The van der Waals surface area contributed by atoms with Crippen molar-refractivity contribution in [1.29, 1.82) is 0 Å². The molecule has 1 rings (SSSR count). The van der Waals surface area contributed by atoms with Gasteiger partial charge in [0.1, 0.15) is 5.69 Å². The fourth-order valence-corrected chi connectivity index (χ4v) is 1.10. The molecule has 0 heterocycles. The summed E-state index contributed by atoms with van der Waals surface area (Å²) in [5.41, 5.74) is 1.41. The SMILES string of the molecule is Cl.Nc1ccc([N+](=O)[O-])c([N+](=O)[O-])c1[N+](=O)[O-]. The summed E-state index contributed by atoms with van der Waals surface area (Å²) in [4.78, 5) is 28.1. The second kappa shape index (κ2) is 5.03. The third-order valence-corrected chi connectivity index (χ3v) is 1.72. The van der Waals surface area contributed by atoms with Gasteiger partial charge in [0.05, 0.1) is 14.8 Å². The molecule has 0 unspecified atom stereocenters. The molecule has 0 aliphatic rings. The summed E-state index contributed by atoms with van der Waals surface area (Å²) in [5, 5.41) is 31.5. The first kappa shape index (κ1) is 14.5. The molecule has 0 saturated heterocycles. The first-order chi connectivity index (χ1) is 7.36. The number of nitrogen functional groups attached to an aromatic ring is 1. The van der Waals surface area contributed by atoms with Crippen molar-refractivity contribution in [2.45, 2.75) is 0 Å². The van der Waals surface area contributed by atoms with Crippen LogP contribution in [0.1, 0.15) is 0 Å². The van der Waals surface area contributed by atoms with E-state index in [1.54, 1.807) is 0 Å². The summed E-state index contributed by atoms with van der Waals surface area (Å²) >= 11 is 0. The summed E-state index contributed by atoms with van der Waals surface area (Å²) in [6.45, 7) is 0. The monoisotopic (exact) mass is 264 g/mol. The molecule has 0 amide bonds. The molecule has 10 nitrogen and oxygen atoms in total. The third kappa shape index (κ3) is 2.55.